The van der Waals surface area contributed by atoms with Crippen LogP contribution in [0.25, 0.3) is 10.9 Å². The summed E-state index contributed by atoms with van der Waals surface area (Å²) in [6, 6.07) is 4.89. The van der Waals surface area contributed by atoms with Gasteiger partial charge in [-0.15, -0.1) is 0 Å². The Morgan fingerprint density at radius 1 is 1.13 bits per heavy atom. The normalized spacial score (nSPS) is 23.4. The minimum Gasteiger partial charge on any atom is -0.374 e. The first-order chi connectivity index (χ1) is 14.8. The number of primary sulfonamides is 1. The van der Waals surface area contributed by atoms with E-state index in [1.165, 1.54) is 25.3 Å². The molecule has 1 amide bonds. The van der Waals surface area contributed by atoms with Gasteiger partial charge in [0.15, 0.2) is 0 Å². The molecule has 0 spiro atoms. The van der Waals surface area contributed by atoms with Crippen LogP contribution in [0, 0.1) is 5.92 Å². The van der Waals surface area contributed by atoms with Gasteiger partial charge in [-0.05, 0) is 43.7 Å². The van der Waals surface area contributed by atoms with Gasteiger partial charge in [-0.2, -0.15) is 0 Å². The fourth-order valence-electron chi connectivity index (χ4n) is 5.46. The molecule has 0 radical (unpaired) electrons. The van der Waals surface area contributed by atoms with Crippen LogP contribution in [0.15, 0.2) is 23.1 Å². The number of benzene rings is 1. The van der Waals surface area contributed by atoms with Crippen LogP contribution in [0.2, 0.25) is 0 Å². The zero-order valence-corrected chi connectivity index (χ0v) is 18.9. The number of sulfonamides is 1. The summed E-state index contributed by atoms with van der Waals surface area (Å²) in [5, 5.41) is 6.20. The van der Waals surface area contributed by atoms with Gasteiger partial charge in [0.25, 0.3) is 5.91 Å². The summed E-state index contributed by atoms with van der Waals surface area (Å²) in [5.74, 6) is 0.935. The molecule has 3 fully saturated rings. The molecule has 3 aliphatic rings. The monoisotopic (exact) mass is 445 g/mol. The summed E-state index contributed by atoms with van der Waals surface area (Å²) in [5.41, 5.74) is 2.53. The first-order valence-electron chi connectivity index (χ1n) is 11.4. The number of nitrogens with two attached hydrogens (primary N) is 1. The smallest absolute Gasteiger partial charge is 0.256 e. The fourth-order valence-corrected chi connectivity index (χ4v) is 6.00. The van der Waals surface area contributed by atoms with Crippen molar-refractivity contribution < 1.29 is 17.9 Å². The predicted molar refractivity (Wildman–Crippen MR) is 118 cm³/mol. The maximum atomic E-state index is 13.9. The fraction of sp³-hybridized carbons (Fsp3) is 0.609. The molecule has 1 atom stereocenters. The van der Waals surface area contributed by atoms with E-state index in [1.807, 2.05) is 16.5 Å². The lowest BCUT2D eigenvalue weighted by Crippen LogP contribution is -2.46. The second-order valence-corrected chi connectivity index (χ2v) is 10.9. The Hall–Kier alpha value is -1.90. The molecule has 2 aromatic rings. The molecule has 168 valence electrons. The van der Waals surface area contributed by atoms with Crippen LogP contribution >= 0.6 is 0 Å². The van der Waals surface area contributed by atoms with Crippen molar-refractivity contribution in [2.45, 2.75) is 61.9 Å². The molecule has 0 bridgehead atoms. The van der Waals surface area contributed by atoms with E-state index in [4.69, 9.17) is 9.88 Å². The third-order valence-corrected chi connectivity index (χ3v) is 8.19. The van der Waals surface area contributed by atoms with Crippen LogP contribution in [-0.4, -0.2) is 49.6 Å². The van der Waals surface area contributed by atoms with Gasteiger partial charge in [0.1, 0.15) is 0 Å². The van der Waals surface area contributed by atoms with Gasteiger partial charge in [-0.25, -0.2) is 13.6 Å². The van der Waals surface area contributed by atoms with Gasteiger partial charge in [0.2, 0.25) is 10.0 Å². The molecule has 1 saturated heterocycles. The second-order valence-electron chi connectivity index (χ2n) is 9.38. The minimum absolute atomic E-state index is 0.0449. The standard InChI is InChI=1S/C23H31N3O4S/c1-25-19-13-17(31(24,28)29)9-10-18(19)21(22(25)16-5-3-2-4-6-16)23(27)26-11-12-30-20(14-26)15-7-8-15/h9-10,13,15-16,20H,2-8,11-12,14H2,1H3,(H2,24,28,29). The number of amides is 1. The number of hydrogen-bond donors (Lipinski definition) is 1. The van der Waals surface area contributed by atoms with Gasteiger partial charge < -0.3 is 14.2 Å². The minimum atomic E-state index is -3.82. The van der Waals surface area contributed by atoms with Crippen LogP contribution in [0.5, 0.6) is 0 Å². The molecule has 2 saturated carbocycles. The van der Waals surface area contributed by atoms with E-state index >= 15 is 0 Å². The Labute approximate surface area is 183 Å². The third kappa shape index (κ3) is 3.90. The number of aryl methyl sites for hydroxylation is 1. The maximum absolute atomic E-state index is 13.9. The molecule has 1 aromatic carbocycles. The summed E-state index contributed by atoms with van der Waals surface area (Å²) >= 11 is 0. The molecule has 1 aliphatic heterocycles. The van der Waals surface area contributed by atoms with Crippen molar-refractivity contribution in [3.05, 3.63) is 29.5 Å². The van der Waals surface area contributed by atoms with Gasteiger partial charge in [0, 0.05) is 37.1 Å². The summed E-state index contributed by atoms with van der Waals surface area (Å²) in [6.45, 7) is 1.81. The molecule has 1 unspecified atom stereocenters. The molecule has 31 heavy (non-hydrogen) atoms. The predicted octanol–water partition coefficient (Wildman–Crippen LogP) is 3.12. The lowest BCUT2D eigenvalue weighted by Gasteiger charge is -2.34. The Bertz CT molecular complexity index is 1110. The van der Waals surface area contributed by atoms with Crippen LogP contribution in [0.1, 0.15) is 66.9 Å². The van der Waals surface area contributed by atoms with Crippen LogP contribution < -0.4 is 5.14 Å². The molecule has 1 aromatic heterocycles. The van der Waals surface area contributed by atoms with Crippen LogP contribution in [-0.2, 0) is 21.8 Å². The van der Waals surface area contributed by atoms with Crippen molar-refractivity contribution >= 4 is 26.8 Å². The summed E-state index contributed by atoms with van der Waals surface area (Å²) in [6.07, 6.45) is 8.16. The highest BCUT2D eigenvalue weighted by Crippen LogP contribution is 2.40. The third-order valence-electron chi connectivity index (χ3n) is 7.28. The highest BCUT2D eigenvalue weighted by Gasteiger charge is 2.38. The largest absolute Gasteiger partial charge is 0.374 e. The summed E-state index contributed by atoms with van der Waals surface area (Å²) < 4.78 is 31.9. The van der Waals surface area contributed by atoms with Crippen molar-refractivity contribution in [2.24, 2.45) is 18.1 Å². The Morgan fingerprint density at radius 2 is 1.87 bits per heavy atom. The number of aromatic nitrogens is 1. The van der Waals surface area contributed by atoms with Crippen molar-refractivity contribution in [2.75, 3.05) is 19.7 Å². The maximum Gasteiger partial charge on any atom is 0.256 e. The second kappa shape index (κ2) is 7.90. The van der Waals surface area contributed by atoms with Gasteiger partial charge in [0.05, 0.1) is 28.7 Å². The van der Waals surface area contributed by atoms with E-state index in [-0.39, 0.29) is 16.9 Å². The molecule has 7 nitrogen and oxygen atoms in total. The van der Waals surface area contributed by atoms with E-state index in [0.717, 1.165) is 47.8 Å². The van der Waals surface area contributed by atoms with E-state index in [0.29, 0.717) is 31.5 Å². The first kappa shape index (κ1) is 21.0. The van der Waals surface area contributed by atoms with Crippen molar-refractivity contribution in [1.82, 2.24) is 9.47 Å². The highest BCUT2D eigenvalue weighted by molar-refractivity contribution is 7.89. The molecular formula is C23H31N3O4S. The Balaban J connectivity index is 1.61. The average Bonchev–Trinajstić information content (AvgIpc) is 3.58. The van der Waals surface area contributed by atoms with E-state index < -0.39 is 10.0 Å². The lowest BCUT2D eigenvalue weighted by atomic mass is 9.85. The molecule has 8 heteroatoms. The number of morpholine rings is 1. The number of carbonyl (C=O) groups excluding carboxylic acids is 1. The average molecular weight is 446 g/mol. The number of nitrogens with zero attached hydrogens (tertiary/aromatic N) is 2. The lowest BCUT2D eigenvalue weighted by molar-refractivity contribution is -0.0313. The highest BCUT2D eigenvalue weighted by atomic mass is 32.2. The van der Waals surface area contributed by atoms with Gasteiger partial charge in [-0.3, -0.25) is 4.79 Å². The van der Waals surface area contributed by atoms with Crippen LogP contribution in [0.3, 0.4) is 0 Å². The number of fused-ring (bicyclic) bond motifs is 1. The Morgan fingerprint density at radius 3 is 2.55 bits per heavy atom. The molecule has 2 aliphatic carbocycles. The molecule has 2 N–H and O–H groups in total. The Kier molecular flexibility index (Phi) is 5.35. The van der Waals surface area contributed by atoms with Crippen molar-refractivity contribution in [1.29, 1.82) is 0 Å². The molecule has 2 heterocycles. The van der Waals surface area contributed by atoms with Gasteiger partial charge in [-0.1, -0.05) is 25.3 Å². The zero-order chi connectivity index (χ0) is 21.8. The number of rotatable bonds is 4. The number of ether oxygens (including phenoxy) is 1. The first-order valence-corrected chi connectivity index (χ1v) is 12.9. The summed E-state index contributed by atoms with van der Waals surface area (Å²) in [4.78, 5) is 15.9. The number of hydrogen-bond acceptors (Lipinski definition) is 4. The van der Waals surface area contributed by atoms with Crippen molar-refractivity contribution in [3.63, 3.8) is 0 Å². The van der Waals surface area contributed by atoms with E-state index in [9.17, 15) is 13.2 Å². The van der Waals surface area contributed by atoms with Gasteiger partial charge >= 0.3 is 0 Å². The number of carbonyl (C=O) groups is 1. The quantitative estimate of drug-likeness (QED) is 0.782. The van der Waals surface area contributed by atoms with Crippen molar-refractivity contribution in [3.8, 4) is 0 Å². The summed E-state index contributed by atoms with van der Waals surface area (Å²) in [7, 11) is -1.87. The van der Waals surface area contributed by atoms with E-state index in [1.54, 1.807) is 12.1 Å². The topological polar surface area (TPSA) is 94.6 Å². The molecule has 5 rings (SSSR count). The zero-order valence-electron chi connectivity index (χ0n) is 18.0. The molecular weight excluding hydrogens is 414 g/mol. The SMILES string of the molecule is Cn1c(C2CCCCC2)c(C(=O)N2CCOC(C3CC3)C2)c2ccc(S(N)(=O)=O)cc21. The van der Waals surface area contributed by atoms with E-state index in [2.05, 4.69) is 0 Å². The van der Waals surface area contributed by atoms with Crippen LogP contribution in [0.4, 0.5) is 0 Å².